The lowest BCUT2D eigenvalue weighted by Crippen LogP contribution is -2.10. The van der Waals surface area contributed by atoms with E-state index in [1.165, 1.54) is 5.56 Å². The van der Waals surface area contributed by atoms with Gasteiger partial charge in [-0.2, -0.15) is 0 Å². The summed E-state index contributed by atoms with van der Waals surface area (Å²) in [6, 6.07) is 49.4. The number of aliphatic hydroxyl groups is 2. The van der Waals surface area contributed by atoms with Crippen LogP contribution < -0.4 is 14.5 Å². The molecule has 0 aliphatic carbocycles. The van der Waals surface area contributed by atoms with Crippen molar-refractivity contribution in [2.75, 3.05) is 16.9 Å². The predicted octanol–water partition coefficient (Wildman–Crippen LogP) is 9.59. The average Bonchev–Trinajstić information content (AvgIpc) is 3.09. The Morgan fingerprint density at radius 3 is 1.33 bits per heavy atom. The topological polar surface area (TPSA) is 56.2 Å². The van der Waals surface area contributed by atoms with Crippen molar-refractivity contribution in [3.63, 3.8) is 0 Å². The monoisotopic (exact) mass is 592 g/mol. The maximum absolute atomic E-state index is 9.79. The molecule has 0 spiro atoms. The first-order valence-electron chi connectivity index (χ1n) is 15.0. The second-order valence-corrected chi connectivity index (χ2v) is 11.0. The molecular formula is C40H36N2O3. The Kier molecular flexibility index (Phi) is 8.92. The molecule has 5 nitrogen and oxygen atoms in total. The van der Waals surface area contributed by atoms with Crippen molar-refractivity contribution in [1.82, 2.24) is 0 Å². The molecule has 0 saturated heterocycles. The highest BCUT2D eigenvalue weighted by Gasteiger charge is 2.16. The number of hydrogen-bond donors (Lipinski definition) is 2. The molecule has 0 amide bonds. The molecule has 0 atom stereocenters. The molecule has 6 rings (SSSR count). The average molecular weight is 593 g/mol. The van der Waals surface area contributed by atoms with Crippen LogP contribution in [0.15, 0.2) is 146 Å². The van der Waals surface area contributed by atoms with Gasteiger partial charge in [0.2, 0.25) is 0 Å². The lowest BCUT2D eigenvalue weighted by molar-refractivity contribution is 0.282. The summed E-state index contributed by atoms with van der Waals surface area (Å²) in [7, 11) is 1.69. The van der Waals surface area contributed by atoms with Gasteiger partial charge in [-0.15, -0.1) is 0 Å². The van der Waals surface area contributed by atoms with E-state index in [4.69, 9.17) is 4.74 Å². The fraction of sp³-hybridized carbons (Fsp3) is 0.100. The third kappa shape index (κ3) is 6.60. The van der Waals surface area contributed by atoms with Crippen molar-refractivity contribution in [2.45, 2.75) is 20.1 Å². The maximum Gasteiger partial charge on any atom is 0.120 e. The molecule has 224 valence electrons. The van der Waals surface area contributed by atoms with Crippen LogP contribution in [0.25, 0.3) is 11.1 Å². The summed E-state index contributed by atoms with van der Waals surface area (Å²) in [5, 5.41) is 19.6. The van der Waals surface area contributed by atoms with E-state index in [-0.39, 0.29) is 13.2 Å². The Labute approximate surface area is 264 Å². The summed E-state index contributed by atoms with van der Waals surface area (Å²) in [4.78, 5) is 4.38. The predicted molar refractivity (Wildman–Crippen MR) is 184 cm³/mol. The SMILES string of the molecule is COc1cccc(N(c2ccc(-c3ccc(N(c4cccc(CO)c4)c4cccc(CO)c4)cc3)cc2)c2cccc(C)c2)c1. The van der Waals surface area contributed by atoms with E-state index in [1.807, 2.05) is 66.7 Å². The zero-order valence-corrected chi connectivity index (χ0v) is 25.5. The van der Waals surface area contributed by atoms with Gasteiger partial charge in [0, 0.05) is 40.2 Å². The number of methoxy groups -OCH3 is 1. The van der Waals surface area contributed by atoms with Crippen LogP contribution in [0, 0.1) is 6.92 Å². The summed E-state index contributed by atoms with van der Waals surface area (Å²) in [5.74, 6) is 0.807. The van der Waals surface area contributed by atoms with Gasteiger partial charge >= 0.3 is 0 Å². The molecule has 5 heteroatoms. The van der Waals surface area contributed by atoms with Gasteiger partial charge in [0.1, 0.15) is 5.75 Å². The minimum atomic E-state index is -0.0353. The molecule has 0 fully saturated rings. The van der Waals surface area contributed by atoms with E-state index < -0.39 is 0 Å². The first-order valence-corrected chi connectivity index (χ1v) is 15.0. The summed E-state index contributed by atoms with van der Waals surface area (Å²) < 4.78 is 5.53. The molecule has 0 radical (unpaired) electrons. The zero-order chi connectivity index (χ0) is 31.2. The molecule has 2 N–H and O–H groups in total. The quantitative estimate of drug-likeness (QED) is 0.166. The van der Waals surface area contributed by atoms with Crippen molar-refractivity contribution in [3.8, 4) is 16.9 Å². The van der Waals surface area contributed by atoms with Gasteiger partial charge in [0.15, 0.2) is 0 Å². The Morgan fingerprint density at radius 1 is 0.467 bits per heavy atom. The smallest absolute Gasteiger partial charge is 0.120 e. The summed E-state index contributed by atoms with van der Waals surface area (Å²) in [6.45, 7) is 2.03. The van der Waals surface area contributed by atoms with Gasteiger partial charge in [-0.25, -0.2) is 0 Å². The summed E-state index contributed by atoms with van der Waals surface area (Å²) in [5.41, 5.74) is 11.1. The highest BCUT2D eigenvalue weighted by molar-refractivity contribution is 5.81. The van der Waals surface area contributed by atoms with Crippen LogP contribution in [0.1, 0.15) is 16.7 Å². The van der Waals surface area contributed by atoms with Crippen molar-refractivity contribution in [2.24, 2.45) is 0 Å². The minimum Gasteiger partial charge on any atom is -0.497 e. The Bertz CT molecular complexity index is 1840. The van der Waals surface area contributed by atoms with Crippen LogP contribution in [0.4, 0.5) is 34.1 Å². The number of aryl methyl sites for hydroxylation is 1. The van der Waals surface area contributed by atoms with Crippen LogP contribution in [-0.2, 0) is 13.2 Å². The van der Waals surface area contributed by atoms with Crippen LogP contribution in [0.2, 0.25) is 0 Å². The van der Waals surface area contributed by atoms with Gasteiger partial charge in [-0.1, -0.05) is 66.7 Å². The lowest BCUT2D eigenvalue weighted by atomic mass is 10.0. The molecule has 0 heterocycles. The number of anilines is 6. The number of ether oxygens (including phenoxy) is 1. The van der Waals surface area contributed by atoms with Gasteiger partial charge in [-0.05, 0) is 108 Å². The van der Waals surface area contributed by atoms with E-state index in [0.29, 0.717) is 0 Å². The van der Waals surface area contributed by atoms with E-state index in [0.717, 1.165) is 62.1 Å². The second kappa shape index (κ2) is 13.5. The van der Waals surface area contributed by atoms with E-state index in [9.17, 15) is 10.2 Å². The maximum atomic E-state index is 9.79. The molecule has 0 aromatic heterocycles. The fourth-order valence-electron chi connectivity index (χ4n) is 5.60. The van der Waals surface area contributed by atoms with E-state index in [1.54, 1.807) is 7.11 Å². The number of aliphatic hydroxyl groups excluding tert-OH is 2. The van der Waals surface area contributed by atoms with Gasteiger partial charge < -0.3 is 24.7 Å². The van der Waals surface area contributed by atoms with Crippen molar-refractivity contribution in [1.29, 1.82) is 0 Å². The normalized spacial score (nSPS) is 10.8. The molecule has 6 aromatic carbocycles. The standard InChI is InChI=1S/C40H36N2O3/c1-29-7-3-10-36(23-29)41(39-13-6-14-40(26-39)45-2)34-19-15-32(16-20-34)33-17-21-35(22-18-33)42(37-11-4-8-30(24-37)27-43)38-12-5-9-31(25-38)28-44/h3-26,43-44H,27-28H2,1-2H3. The zero-order valence-electron chi connectivity index (χ0n) is 25.5. The number of hydrogen-bond acceptors (Lipinski definition) is 5. The number of benzene rings is 6. The lowest BCUT2D eigenvalue weighted by Gasteiger charge is -2.27. The minimum absolute atomic E-state index is 0.0353. The van der Waals surface area contributed by atoms with Crippen LogP contribution >= 0.6 is 0 Å². The molecule has 0 bridgehead atoms. The Balaban J connectivity index is 1.34. The largest absolute Gasteiger partial charge is 0.497 e. The fourth-order valence-corrected chi connectivity index (χ4v) is 5.60. The van der Waals surface area contributed by atoms with Crippen molar-refractivity contribution < 1.29 is 14.9 Å². The van der Waals surface area contributed by atoms with Crippen molar-refractivity contribution in [3.05, 3.63) is 162 Å². The molecule has 0 aliphatic heterocycles. The number of nitrogens with zero attached hydrogens (tertiary/aromatic N) is 2. The van der Waals surface area contributed by atoms with E-state index in [2.05, 4.69) is 95.6 Å². The summed E-state index contributed by atoms with van der Waals surface area (Å²) in [6.07, 6.45) is 0. The summed E-state index contributed by atoms with van der Waals surface area (Å²) >= 11 is 0. The van der Waals surface area contributed by atoms with Gasteiger partial charge in [-0.3, -0.25) is 0 Å². The second-order valence-electron chi connectivity index (χ2n) is 11.0. The molecular weight excluding hydrogens is 556 g/mol. The first kappa shape index (κ1) is 29.7. The molecule has 0 aliphatic rings. The Morgan fingerprint density at radius 2 is 0.889 bits per heavy atom. The van der Waals surface area contributed by atoms with Crippen LogP contribution in [-0.4, -0.2) is 17.3 Å². The van der Waals surface area contributed by atoms with Gasteiger partial charge in [0.25, 0.3) is 0 Å². The first-order chi connectivity index (χ1) is 22.1. The molecule has 0 unspecified atom stereocenters. The van der Waals surface area contributed by atoms with Gasteiger partial charge in [0.05, 0.1) is 20.3 Å². The third-order valence-electron chi connectivity index (χ3n) is 7.86. The highest BCUT2D eigenvalue weighted by atomic mass is 16.5. The molecule has 0 saturated carbocycles. The molecule has 6 aromatic rings. The van der Waals surface area contributed by atoms with Crippen LogP contribution in [0.5, 0.6) is 5.75 Å². The highest BCUT2D eigenvalue weighted by Crippen LogP contribution is 2.39. The van der Waals surface area contributed by atoms with E-state index >= 15 is 0 Å². The molecule has 45 heavy (non-hydrogen) atoms. The third-order valence-corrected chi connectivity index (χ3v) is 7.86. The number of rotatable bonds is 10. The van der Waals surface area contributed by atoms with Crippen molar-refractivity contribution >= 4 is 34.1 Å². The van der Waals surface area contributed by atoms with Crippen LogP contribution in [0.3, 0.4) is 0 Å². The Hall–Kier alpha value is -5.36.